The van der Waals surface area contributed by atoms with Crippen molar-refractivity contribution in [3.63, 3.8) is 0 Å². The smallest absolute Gasteiger partial charge is 0.295 e. The summed E-state index contributed by atoms with van der Waals surface area (Å²) in [5, 5.41) is 11.7. The Bertz CT molecular complexity index is 1270. The number of likely N-dealkylation sites (tertiary alicyclic amines) is 1. The van der Waals surface area contributed by atoms with Crippen molar-refractivity contribution in [3.05, 3.63) is 70.3 Å². The lowest BCUT2D eigenvalue weighted by atomic mass is 9.95. The molecule has 11 heteroatoms. The lowest BCUT2D eigenvalue weighted by Gasteiger charge is -2.27. The Hall–Kier alpha value is -2.76. The third-order valence-corrected chi connectivity index (χ3v) is 8.41. The van der Waals surface area contributed by atoms with Crippen LogP contribution in [-0.2, 0) is 24.3 Å². The summed E-state index contributed by atoms with van der Waals surface area (Å²) in [7, 11) is 0.00704. The predicted octanol–water partition coefficient (Wildman–Crippen LogP) is 2.34. The van der Waals surface area contributed by atoms with Crippen LogP contribution in [0.3, 0.4) is 0 Å². The molecular weight excluding hydrogens is 506 g/mol. The van der Waals surface area contributed by atoms with Gasteiger partial charge in [0.15, 0.2) is 0 Å². The monoisotopic (exact) mass is 533 g/mol. The number of ketones is 1. The van der Waals surface area contributed by atoms with Crippen LogP contribution in [0.4, 0.5) is 0 Å². The maximum Gasteiger partial charge on any atom is 0.295 e. The second kappa shape index (κ2) is 10.7. The van der Waals surface area contributed by atoms with E-state index in [1.807, 2.05) is 19.0 Å². The zero-order chi connectivity index (χ0) is 26.0. The first-order chi connectivity index (χ1) is 17.1. The fourth-order valence-electron chi connectivity index (χ4n) is 4.29. The molecule has 2 heterocycles. The molecule has 192 valence electrons. The Labute approximate surface area is 215 Å². The maximum atomic E-state index is 13.1. The van der Waals surface area contributed by atoms with Gasteiger partial charge in [0.1, 0.15) is 5.76 Å². The number of aliphatic hydroxyl groups is 1. The zero-order valence-corrected chi connectivity index (χ0v) is 21.6. The van der Waals surface area contributed by atoms with Crippen LogP contribution in [0.5, 0.6) is 0 Å². The molecule has 4 rings (SSSR count). The van der Waals surface area contributed by atoms with Crippen LogP contribution in [0.15, 0.2) is 59.0 Å². The third kappa shape index (κ3) is 5.18. The van der Waals surface area contributed by atoms with Gasteiger partial charge < -0.3 is 19.6 Å². The first kappa shape index (κ1) is 26.3. The number of rotatable bonds is 7. The van der Waals surface area contributed by atoms with E-state index < -0.39 is 27.8 Å². The Balaban J connectivity index is 1.73. The van der Waals surface area contributed by atoms with Gasteiger partial charge in [0, 0.05) is 36.8 Å². The molecule has 9 nitrogen and oxygen atoms in total. The average molecular weight is 534 g/mol. The number of halogens is 1. The number of ether oxygens (including phenoxy) is 1. The molecule has 0 saturated carbocycles. The number of aliphatic hydroxyl groups excluding tert-OH is 1. The van der Waals surface area contributed by atoms with Gasteiger partial charge in [-0.1, -0.05) is 23.7 Å². The van der Waals surface area contributed by atoms with Gasteiger partial charge in [-0.25, -0.2) is 8.42 Å². The van der Waals surface area contributed by atoms with Crippen LogP contribution in [0.2, 0.25) is 5.02 Å². The van der Waals surface area contributed by atoms with E-state index in [1.165, 1.54) is 33.5 Å². The number of hydrogen-bond acceptors (Lipinski definition) is 7. The molecular formula is C25H28ClN3O6S. The highest BCUT2D eigenvalue weighted by atomic mass is 35.5. The molecule has 2 aliphatic heterocycles. The van der Waals surface area contributed by atoms with E-state index in [0.717, 1.165) is 0 Å². The Morgan fingerprint density at radius 2 is 1.67 bits per heavy atom. The van der Waals surface area contributed by atoms with Crippen molar-refractivity contribution < 1.29 is 27.9 Å². The van der Waals surface area contributed by atoms with Crippen LogP contribution in [-0.4, -0.2) is 92.8 Å². The fraction of sp³-hybridized carbons (Fsp3) is 0.360. The topological polar surface area (TPSA) is 107 Å². The molecule has 0 aromatic heterocycles. The Kier molecular flexibility index (Phi) is 7.82. The number of amides is 1. The molecule has 1 atom stereocenters. The summed E-state index contributed by atoms with van der Waals surface area (Å²) in [4.78, 5) is 29.5. The minimum absolute atomic E-state index is 0.0511. The Morgan fingerprint density at radius 3 is 2.25 bits per heavy atom. The molecule has 0 radical (unpaired) electrons. The van der Waals surface area contributed by atoms with Crippen molar-refractivity contribution >= 4 is 39.1 Å². The third-order valence-electron chi connectivity index (χ3n) is 6.25. The quantitative estimate of drug-likeness (QED) is 0.331. The van der Waals surface area contributed by atoms with Gasteiger partial charge in [0.05, 0.1) is 29.7 Å². The molecule has 1 N–H and O–H groups in total. The molecule has 2 fully saturated rings. The van der Waals surface area contributed by atoms with Crippen molar-refractivity contribution in [1.82, 2.24) is 14.1 Å². The lowest BCUT2D eigenvalue weighted by molar-refractivity contribution is -0.140. The number of carbonyl (C=O) groups excluding carboxylic acids is 2. The molecule has 2 aliphatic rings. The van der Waals surface area contributed by atoms with Crippen LogP contribution in [0.25, 0.3) is 5.76 Å². The number of likely N-dealkylation sites (N-methyl/N-ethyl adjacent to an activating group) is 1. The molecule has 1 amide bonds. The Morgan fingerprint density at radius 1 is 1.06 bits per heavy atom. The largest absolute Gasteiger partial charge is 0.507 e. The van der Waals surface area contributed by atoms with Gasteiger partial charge in [0.2, 0.25) is 10.0 Å². The number of benzene rings is 2. The fourth-order valence-corrected chi connectivity index (χ4v) is 5.82. The minimum Gasteiger partial charge on any atom is -0.507 e. The second-order valence-electron chi connectivity index (χ2n) is 8.89. The highest BCUT2D eigenvalue weighted by Gasteiger charge is 2.45. The average Bonchev–Trinajstić information content (AvgIpc) is 3.13. The molecule has 0 bridgehead atoms. The molecule has 0 aliphatic carbocycles. The number of morpholine rings is 1. The molecule has 2 aromatic carbocycles. The highest BCUT2D eigenvalue weighted by molar-refractivity contribution is 7.89. The summed E-state index contributed by atoms with van der Waals surface area (Å²) in [6.45, 7) is 1.99. The van der Waals surface area contributed by atoms with Gasteiger partial charge >= 0.3 is 0 Å². The van der Waals surface area contributed by atoms with Crippen LogP contribution in [0.1, 0.15) is 17.2 Å². The van der Waals surface area contributed by atoms with Crippen LogP contribution < -0.4 is 0 Å². The normalized spacial score (nSPS) is 20.9. The van der Waals surface area contributed by atoms with Crippen LogP contribution >= 0.6 is 11.6 Å². The van der Waals surface area contributed by atoms with Gasteiger partial charge in [-0.15, -0.1) is 0 Å². The van der Waals surface area contributed by atoms with E-state index in [-0.39, 0.29) is 41.4 Å². The summed E-state index contributed by atoms with van der Waals surface area (Å²) >= 11 is 6.04. The highest BCUT2D eigenvalue weighted by Crippen LogP contribution is 2.39. The number of Topliss-reactive ketones (excluding diaryl/α,β-unsaturated/α-hetero) is 1. The zero-order valence-electron chi connectivity index (χ0n) is 20.1. The van der Waals surface area contributed by atoms with Gasteiger partial charge in [0.25, 0.3) is 11.7 Å². The van der Waals surface area contributed by atoms with Crippen molar-refractivity contribution in [2.24, 2.45) is 0 Å². The predicted molar refractivity (Wildman–Crippen MR) is 135 cm³/mol. The number of carbonyl (C=O) groups is 2. The van der Waals surface area contributed by atoms with Gasteiger partial charge in [-0.2, -0.15) is 4.31 Å². The first-order valence-electron chi connectivity index (χ1n) is 11.5. The second-order valence-corrected chi connectivity index (χ2v) is 11.3. The number of hydrogen-bond donors (Lipinski definition) is 1. The summed E-state index contributed by atoms with van der Waals surface area (Å²) in [6, 6.07) is 11.6. The van der Waals surface area contributed by atoms with E-state index in [0.29, 0.717) is 30.3 Å². The molecule has 2 saturated heterocycles. The summed E-state index contributed by atoms with van der Waals surface area (Å²) in [5.41, 5.74) is 0.816. The van der Waals surface area contributed by atoms with Gasteiger partial charge in [-0.3, -0.25) is 9.59 Å². The van der Waals surface area contributed by atoms with Crippen molar-refractivity contribution in [1.29, 1.82) is 0 Å². The van der Waals surface area contributed by atoms with Crippen LogP contribution in [0, 0.1) is 0 Å². The van der Waals surface area contributed by atoms with E-state index in [1.54, 1.807) is 24.3 Å². The first-order valence-corrected chi connectivity index (χ1v) is 13.3. The maximum absolute atomic E-state index is 13.1. The number of nitrogens with zero attached hydrogens (tertiary/aromatic N) is 3. The standard InChI is InChI=1S/C25H28ClN3O6S/c1-27(2)11-12-29-22(17-3-7-19(26)8-4-17)21(24(31)25(29)32)23(30)18-5-9-20(10-6-18)36(33,34)28-13-15-35-16-14-28/h3-10,22,30H,11-16H2,1-2H3. The number of sulfonamides is 1. The van der Waals surface area contributed by atoms with E-state index in [9.17, 15) is 23.1 Å². The summed E-state index contributed by atoms with van der Waals surface area (Å²) < 4.78 is 32.4. The minimum atomic E-state index is -3.72. The molecule has 2 aromatic rings. The molecule has 0 spiro atoms. The van der Waals surface area contributed by atoms with E-state index in [4.69, 9.17) is 16.3 Å². The molecule has 36 heavy (non-hydrogen) atoms. The van der Waals surface area contributed by atoms with E-state index in [2.05, 4.69) is 0 Å². The van der Waals surface area contributed by atoms with E-state index >= 15 is 0 Å². The SMILES string of the molecule is CN(C)CCN1C(=O)C(=O)C(=C(O)c2ccc(S(=O)(=O)N3CCOCC3)cc2)C1c1ccc(Cl)cc1. The summed E-state index contributed by atoms with van der Waals surface area (Å²) in [6.07, 6.45) is 0. The summed E-state index contributed by atoms with van der Waals surface area (Å²) in [5.74, 6) is -1.86. The van der Waals surface area contributed by atoms with Crippen molar-refractivity contribution in [2.75, 3.05) is 53.5 Å². The van der Waals surface area contributed by atoms with Crippen molar-refractivity contribution in [2.45, 2.75) is 10.9 Å². The lowest BCUT2D eigenvalue weighted by Crippen LogP contribution is -2.40. The van der Waals surface area contributed by atoms with Gasteiger partial charge in [-0.05, 0) is 56.1 Å². The molecule has 1 unspecified atom stereocenters. The van der Waals surface area contributed by atoms with Crippen molar-refractivity contribution in [3.8, 4) is 0 Å².